The van der Waals surface area contributed by atoms with Crippen LogP contribution in [0.5, 0.6) is 0 Å². The summed E-state index contributed by atoms with van der Waals surface area (Å²) in [5.41, 5.74) is 1.47. The molecule has 0 unspecified atom stereocenters. The number of piperazine rings is 1. The Morgan fingerprint density at radius 3 is 2.38 bits per heavy atom. The summed E-state index contributed by atoms with van der Waals surface area (Å²) in [6.07, 6.45) is 0. The molecule has 2 N–H and O–H groups in total. The summed E-state index contributed by atoms with van der Waals surface area (Å²) in [6.45, 7) is 3.56. The first kappa shape index (κ1) is 18.2. The molecule has 0 radical (unpaired) electrons. The largest absolute Gasteiger partial charge is 0.478 e. The van der Waals surface area contributed by atoms with Gasteiger partial charge in [0.05, 0.1) is 11.3 Å². The van der Waals surface area contributed by atoms with E-state index >= 15 is 0 Å². The van der Waals surface area contributed by atoms with Gasteiger partial charge in [0.25, 0.3) is 0 Å². The topological polar surface area (TPSA) is 72.9 Å². The number of benzene rings is 2. The maximum Gasteiger partial charge on any atom is 0.337 e. The fraction of sp³-hybridized carbons (Fsp3) is 0.263. The minimum Gasteiger partial charge on any atom is -0.478 e. The maximum atomic E-state index is 12.5. The minimum atomic E-state index is -1.11. The molecular weight excluding hydrogens is 354 g/mol. The summed E-state index contributed by atoms with van der Waals surface area (Å²) in [6, 6.07) is 14.2. The zero-order valence-electron chi connectivity index (χ0n) is 14.2. The minimum absolute atomic E-state index is 0.0189. The molecule has 1 aliphatic rings. The third kappa shape index (κ3) is 4.53. The Hall–Kier alpha value is -2.57. The molecule has 0 spiro atoms. The molecule has 136 valence electrons. The van der Waals surface area contributed by atoms with Gasteiger partial charge in [0.2, 0.25) is 0 Å². The van der Waals surface area contributed by atoms with E-state index in [0.717, 1.165) is 19.6 Å². The highest BCUT2D eigenvalue weighted by molar-refractivity contribution is 6.31. The summed E-state index contributed by atoms with van der Waals surface area (Å²) in [4.78, 5) is 27.8. The van der Waals surface area contributed by atoms with Crippen molar-refractivity contribution in [1.29, 1.82) is 0 Å². The molecular formula is C19H20ClN3O3. The standard InChI is InChI=1S/C19H20ClN3O3/c20-15-6-7-16(18(24)25)17(12-15)21-19(26)23-10-8-22(9-11-23)13-14-4-2-1-3-5-14/h1-7,12H,8-11,13H2,(H,21,26)(H,24,25). The fourth-order valence-electron chi connectivity index (χ4n) is 2.95. The van der Waals surface area contributed by atoms with Crippen LogP contribution in [0, 0.1) is 0 Å². The van der Waals surface area contributed by atoms with Gasteiger partial charge in [-0.3, -0.25) is 4.90 Å². The van der Waals surface area contributed by atoms with Gasteiger partial charge in [0.15, 0.2) is 0 Å². The van der Waals surface area contributed by atoms with Crippen LogP contribution < -0.4 is 5.32 Å². The highest BCUT2D eigenvalue weighted by atomic mass is 35.5. The number of nitrogens with one attached hydrogen (secondary N) is 1. The second-order valence-corrected chi connectivity index (χ2v) is 6.61. The number of anilines is 1. The van der Waals surface area contributed by atoms with Crippen molar-refractivity contribution in [2.24, 2.45) is 0 Å². The number of carbonyl (C=O) groups excluding carboxylic acids is 1. The van der Waals surface area contributed by atoms with E-state index in [1.807, 2.05) is 18.2 Å². The molecule has 1 heterocycles. The Morgan fingerprint density at radius 1 is 1.04 bits per heavy atom. The number of carbonyl (C=O) groups is 2. The van der Waals surface area contributed by atoms with Gasteiger partial charge in [0, 0.05) is 37.7 Å². The number of carboxylic acids is 1. The van der Waals surface area contributed by atoms with Crippen molar-refractivity contribution in [3.63, 3.8) is 0 Å². The Balaban J connectivity index is 1.57. The van der Waals surface area contributed by atoms with Crippen LogP contribution >= 0.6 is 11.6 Å². The number of hydrogen-bond acceptors (Lipinski definition) is 3. The van der Waals surface area contributed by atoms with Crippen LogP contribution in [0.15, 0.2) is 48.5 Å². The first-order valence-electron chi connectivity index (χ1n) is 8.38. The van der Waals surface area contributed by atoms with Gasteiger partial charge >= 0.3 is 12.0 Å². The first-order valence-corrected chi connectivity index (χ1v) is 8.76. The van der Waals surface area contributed by atoms with Crippen LogP contribution in [0.25, 0.3) is 0 Å². The normalized spacial score (nSPS) is 14.9. The molecule has 6 nitrogen and oxygen atoms in total. The average molecular weight is 374 g/mol. The number of halogens is 1. The average Bonchev–Trinajstić information content (AvgIpc) is 2.63. The van der Waals surface area contributed by atoms with Gasteiger partial charge < -0.3 is 15.3 Å². The second kappa shape index (κ2) is 8.21. The van der Waals surface area contributed by atoms with Crippen LogP contribution in [0.4, 0.5) is 10.5 Å². The zero-order valence-corrected chi connectivity index (χ0v) is 14.9. The third-order valence-corrected chi connectivity index (χ3v) is 4.60. The number of aromatic carboxylic acids is 1. The Morgan fingerprint density at radius 2 is 1.73 bits per heavy atom. The molecule has 0 aromatic heterocycles. The van der Waals surface area contributed by atoms with E-state index in [4.69, 9.17) is 11.6 Å². The molecule has 0 saturated carbocycles. The van der Waals surface area contributed by atoms with E-state index in [-0.39, 0.29) is 17.3 Å². The molecule has 3 rings (SSSR count). The molecule has 1 aliphatic heterocycles. The summed E-state index contributed by atoms with van der Waals surface area (Å²) in [5, 5.41) is 12.3. The first-order chi connectivity index (χ1) is 12.5. The van der Waals surface area contributed by atoms with Crippen molar-refractivity contribution in [2.45, 2.75) is 6.54 Å². The van der Waals surface area contributed by atoms with E-state index in [9.17, 15) is 14.7 Å². The van der Waals surface area contributed by atoms with Crippen molar-refractivity contribution in [3.8, 4) is 0 Å². The third-order valence-electron chi connectivity index (χ3n) is 4.36. The van der Waals surface area contributed by atoms with E-state index < -0.39 is 5.97 Å². The van der Waals surface area contributed by atoms with Crippen LogP contribution in [-0.4, -0.2) is 53.1 Å². The predicted molar refractivity (Wildman–Crippen MR) is 101 cm³/mol. The van der Waals surface area contributed by atoms with Crippen LogP contribution in [-0.2, 0) is 6.54 Å². The lowest BCUT2D eigenvalue weighted by Crippen LogP contribution is -2.49. The predicted octanol–water partition coefficient (Wildman–Crippen LogP) is 3.39. The van der Waals surface area contributed by atoms with Gasteiger partial charge in [-0.2, -0.15) is 0 Å². The van der Waals surface area contributed by atoms with Gasteiger partial charge in [-0.25, -0.2) is 9.59 Å². The molecule has 7 heteroatoms. The van der Waals surface area contributed by atoms with E-state index in [1.54, 1.807) is 4.90 Å². The SMILES string of the molecule is O=C(O)c1ccc(Cl)cc1NC(=O)N1CCN(Cc2ccccc2)CC1. The quantitative estimate of drug-likeness (QED) is 0.861. The summed E-state index contributed by atoms with van der Waals surface area (Å²) in [7, 11) is 0. The van der Waals surface area contributed by atoms with Crippen molar-refractivity contribution in [1.82, 2.24) is 9.80 Å². The van der Waals surface area contributed by atoms with Crippen molar-refractivity contribution < 1.29 is 14.7 Å². The molecule has 1 fully saturated rings. The number of carboxylic acid groups (broad SMARTS) is 1. The highest BCUT2D eigenvalue weighted by Crippen LogP contribution is 2.22. The zero-order chi connectivity index (χ0) is 18.5. The number of urea groups is 1. The van der Waals surface area contributed by atoms with E-state index in [2.05, 4.69) is 22.3 Å². The molecule has 0 bridgehead atoms. The number of nitrogens with zero attached hydrogens (tertiary/aromatic N) is 2. The van der Waals surface area contributed by atoms with Gasteiger partial charge in [-0.15, -0.1) is 0 Å². The lowest BCUT2D eigenvalue weighted by molar-refractivity contribution is 0.0698. The van der Waals surface area contributed by atoms with E-state index in [0.29, 0.717) is 18.1 Å². The lowest BCUT2D eigenvalue weighted by Gasteiger charge is -2.34. The van der Waals surface area contributed by atoms with Crippen molar-refractivity contribution in [3.05, 3.63) is 64.7 Å². The lowest BCUT2D eigenvalue weighted by atomic mass is 10.2. The van der Waals surface area contributed by atoms with Crippen LogP contribution in [0.2, 0.25) is 5.02 Å². The monoisotopic (exact) mass is 373 g/mol. The summed E-state index contributed by atoms with van der Waals surface area (Å²) >= 11 is 5.92. The number of rotatable bonds is 4. The molecule has 2 aromatic carbocycles. The maximum absolute atomic E-state index is 12.5. The van der Waals surface area contributed by atoms with Gasteiger partial charge in [-0.05, 0) is 23.8 Å². The molecule has 0 atom stereocenters. The molecule has 1 saturated heterocycles. The highest BCUT2D eigenvalue weighted by Gasteiger charge is 2.22. The number of hydrogen-bond donors (Lipinski definition) is 2. The number of amides is 2. The van der Waals surface area contributed by atoms with Gasteiger partial charge in [-0.1, -0.05) is 41.9 Å². The van der Waals surface area contributed by atoms with Crippen LogP contribution in [0.1, 0.15) is 15.9 Å². The van der Waals surface area contributed by atoms with Crippen molar-refractivity contribution in [2.75, 3.05) is 31.5 Å². The molecule has 2 amide bonds. The smallest absolute Gasteiger partial charge is 0.337 e. The molecule has 26 heavy (non-hydrogen) atoms. The van der Waals surface area contributed by atoms with Crippen LogP contribution in [0.3, 0.4) is 0 Å². The van der Waals surface area contributed by atoms with Gasteiger partial charge in [0.1, 0.15) is 0 Å². The fourth-order valence-corrected chi connectivity index (χ4v) is 3.12. The summed E-state index contributed by atoms with van der Waals surface area (Å²) in [5.74, 6) is -1.11. The Kier molecular flexibility index (Phi) is 5.75. The second-order valence-electron chi connectivity index (χ2n) is 6.17. The van der Waals surface area contributed by atoms with Crippen molar-refractivity contribution >= 4 is 29.3 Å². The Bertz CT molecular complexity index is 790. The van der Waals surface area contributed by atoms with E-state index in [1.165, 1.54) is 23.8 Å². The Labute approximate surface area is 157 Å². The molecule has 2 aromatic rings. The molecule has 0 aliphatic carbocycles. The summed E-state index contributed by atoms with van der Waals surface area (Å²) < 4.78 is 0.